The number of nitrogens with one attached hydrogen (secondary N) is 1. The lowest BCUT2D eigenvalue weighted by atomic mass is 10.2. The van der Waals surface area contributed by atoms with Crippen LogP contribution >= 0.6 is 11.6 Å². The molecule has 1 N–H and O–H groups in total. The van der Waals surface area contributed by atoms with Crippen LogP contribution in [-0.4, -0.2) is 18.8 Å². The number of rotatable bonds is 4. The van der Waals surface area contributed by atoms with E-state index in [1.54, 1.807) is 18.2 Å². The van der Waals surface area contributed by atoms with Crippen LogP contribution in [0.15, 0.2) is 18.2 Å². The summed E-state index contributed by atoms with van der Waals surface area (Å²) in [4.78, 5) is 22.1. The molecule has 0 aliphatic heterocycles. The molecule has 0 unspecified atom stereocenters. The summed E-state index contributed by atoms with van der Waals surface area (Å²) in [5.74, 6) is -0.0945. The van der Waals surface area contributed by atoms with Crippen LogP contribution in [0.5, 0.6) is 5.75 Å². The molecule has 0 spiro atoms. The molecular formula is C11H12ClNO3. The number of hydrogen-bond acceptors (Lipinski definition) is 3. The Morgan fingerprint density at radius 2 is 2.12 bits per heavy atom. The predicted molar refractivity (Wildman–Crippen MR) is 61.9 cm³/mol. The molecule has 5 heteroatoms. The molecule has 1 amide bonds. The zero-order chi connectivity index (χ0) is 12.1. The van der Waals surface area contributed by atoms with Gasteiger partial charge in [-0.3, -0.25) is 9.59 Å². The number of hydrogen-bond donors (Lipinski definition) is 1. The number of anilines is 1. The molecular weight excluding hydrogens is 230 g/mol. The molecule has 1 rings (SSSR count). The molecule has 4 nitrogen and oxygen atoms in total. The number of carbonyl (C=O) groups is 2. The Bertz CT molecular complexity index is 418. The SMILES string of the molecule is COc1cc(Cl)ccc1NC(=O)CC(C)=O. The fourth-order valence-corrected chi connectivity index (χ4v) is 1.35. The van der Waals surface area contributed by atoms with Gasteiger partial charge in [0.2, 0.25) is 5.91 Å². The number of carbonyl (C=O) groups excluding carboxylic acids is 2. The van der Waals surface area contributed by atoms with Crippen LogP contribution < -0.4 is 10.1 Å². The highest BCUT2D eigenvalue weighted by Crippen LogP contribution is 2.27. The van der Waals surface area contributed by atoms with E-state index < -0.39 is 0 Å². The van der Waals surface area contributed by atoms with Gasteiger partial charge in [-0.25, -0.2) is 0 Å². The Kier molecular flexibility index (Phi) is 4.31. The van der Waals surface area contributed by atoms with Gasteiger partial charge in [0, 0.05) is 11.1 Å². The lowest BCUT2D eigenvalue weighted by Crippen LogP contribution is -2.15. The van der Waals surface area contributed by atoms with Crippen molar-refractivity contribution in [2.75, 3.05) is 12.4 Å². The normalized spacial score (nSPS) is 9.69. The molecule has 1 aromatic carbocycles. The summed E-state index contributed by atoms with van der Waals surface area (Å²) < 4.78 is 5.05. The molecule has 0 saturated carbocycles. The number of methoxy groups -OCH3 is 1. The number of ether oxygens (including phenoxy) is 1. The third-order valence-electron chi connectivity index (χ3n) is 1.85. The molecule has 86 valence electrons. The van der Waals surface area contributed by atoms with E-state index in [9.17, 15) is 9.59 Å². The lowest BCUT2D eigenvalue weighted by molar-refractivity contribution is -0.124. The lowest BCUT2D eigenvalue weighted by Gasteiger charge is -2.09. The highest BCUT2D eigenvalue weighted by Gasteiger charge is 2.09. The van der Waals surface area contributed by atoms with Crippen molar-refractivity contribution in [1.82, 2.24) is 0 Å². The summed E-state index contributed by atoms with van der Waals surface area (Å²) in [6.45, 7) is 1.36. The number of Topliss-reactive ketones (excluding diaryl/α,β-unsaturated/α-hetero) is 1. The first-order chi connectivity index (χ1) is 7.52. The largest absolute Gasteiger partial charge is 0.495 e. The number of ketones is 1. The Balaban J connectivity index is 2.80. The summed E-state index contributed by atoms with van der Waals surface area (Å²) in [6, 6.07) is 4.84. The van der Waals surface area contributed by atoms with E-state index in [0.717, 1.165) is 0 Å². The molecule has 0 saturated heterocycles. The molecule has 0 aromatic heterocycles. The second-order valence-electron chi connectivity index (χ2n) is 3.27. The van der Waals surface area contributed by atoms with Crippen LogP contribution in [0, 0.1) is 0 Å². The Hall–Kier alpha value is -1.55. The topological polar surface area (TPSA) is 55.4 Å². The Morgan fingerprint density at radius 3 is 2.69 bits per heavy atom. The van der Waals surface area contributed by atoms with Crippen LogP contribution in [0.3, 0.4) is 0 Å². The van der Waals surface area contributed by atoms with Crippen molar-refractivity contribution in [3.63, 3.8) is 0 Å². The summed E-state index contributed by atoms with van der Waals surface area (Å²) >= 11 is 5.77. The van der Waals surface area contributed by atoms with Crippen molar-refractivity contribution < 1.29 is 14.3 Å². The van der Waals surface area contributed by atoms with Crippen molar-refractivity contribution in [3.8, 4) is 5.75 Å². The van der Waals surface area contributed by atoms with Crippen LogP contribution in [0.1, 0.15) is 13.3 Å². The predicted octanol–water partition coefficient (Wildman–Crippen LogP) is 2.27. The van der Waals surface area contributed by atoms with E-state index in [4.69, 9.17) is 16.3 Å². The number of halogens is 1. The molecule has 0 radical (unpaired) electrons. The van der Waals surface area contributed by atoms with Gasteiger partial charge in [0.25, 0.3) is 0 Å². The van der Waals surface area contributed by atoms with Crippen molar-refractivity contribution >= 4 is 29.0 Å². The third kappa shape index (κ3) is 3.55. The van der Waals surface area contributed by atoms with Crippen molar-refractivity contribution in [1.29, 1.82) is 0 Å². The third-order valence-corrected chi connectivity index (χ3v) is 2.08. The van der Waals surface area contributed by atoms with Crippen molar-refractivity contribution in [2.24, 2.45) is 0 Å². The Labute approximate surface area is 98.5 Å². The summed E-state index contributed by atoms with van der Waals surface area (Å²) in [5, 5.41) is 3.09. The van der Waals surface area contributed by atoms with Crippen molar-refractivity contribution in [3.05, 3.63) is 23.2 Å². The van der Waals surface area contributed by atoms with Gasteiger partial charge in [0.15, 0.2) is 0 Å². The molecule has 0 aliphatic carbocycles. The average Bonchev–Trinajstić information content (AvgIpc) is 2.19. The van der Waals surface area contributed by atoms with E-state index in [1.165, 1.54) is 14.0 Å². The van der Waals surface area contributed by atoms with Gasteiger partial charge < -0.3 is 10.1 Å². The first kappa shape index (κ1) is 12.5. The summed E-state index contributed by atoms with van der Waals surface area (Å²) in [6.07, 6.45) is -0.147. The van der Waals surface area contributed by atoms with Crippen LogP contribution in [0.2, 0.25) is 5.02 Å². The molecule has 0 fully saturated rings. The van der Waals surface area contributed by atoms with E-state index in [2.05, 4.69) is 5.32 Å². The maximum atomic E-state index is 11.4. The summed E-state index contributed by atoms with van der Waals surface area (Å²) in [7, 11) is 1.48. The van der Waals surface area contributed by atoms with Gasteiger partial charge in [0.05, 0.1) is 19.2 Å². The van der Waals surface area contributed by atoms with Gasteiger partial charge in [-0.1, -0.05) is 11.6 Å². The maximum absolute atomic E-state index is 11.4. The first-order valence-corrected chi connectivity index (χ1v) is 5.03. The summed E-state index contributed by atoms with van der Waals surface area (Å²) in [5.41, 5.74) is 0.498. The van der Waals surface area contributed by atoms with Gasteiger partial charge in [-0.2, -0.15) is 0 Å². The van der Waals surface area contributed by atoms with Crippen LogP contribution in [0.4, 0.5) is 5.69 Å². The molecule has 0 bridgehead atoms. The minimum absolute atomic E-state index is 0.147. The van der Waals surface area contributed by atoms with Gasteiger partial charge in [-0.15, -0.1) is 0 Å². The highest BCUT2D eigenvalue weighted by atomic mass is 35.5. The average molecular weight is 242 g/mol. The maximum Gasteiger partial charge on any atom is 0.231 e. The quantitative estimate of drug-likeness (QED) is 0.823. The van der Waals surface area contributed by atoms with Gasteiger partial charge >= 0.3 is 0 Å². The second-order valence-corrected chi connectivity index (χ2v) is 3.71. The fraction of sp³-hybridized carbons (Fsp3) is 0.273. The van der Waals surface area contributed by atoms with Crippen LogP contribution in [0.25, 0.3) is 0 Å². The molecule has 1 aromatic rings. The van der Waals surface area contributed by atoms with Gasteiger partial charge in [0.1, 0.15) is 11.5 Å². The minimum Gasteiger partial charge on any atom is -0.495 e. The van der Waals surface area contributed by atoms with Gasteiger partial charge in [-0.05, 0) is 19.1 Å². The zero-order valence-electron chi connectivity index (χ0n) is 9.04. The second kappa shape index (κ2) is 5.51. The fourth-order valence-electron chi connectivity index (χ4n) is 1.19. The molecule has 0 atom stereocenters. The monoisotopic (exact) mass is 241 g/mol. The smallest absolute Gasteiger partial charge is 0.231 e. The van der Waals surface area contributed by atoms with E-state index in [-0.39, 0.29) is 18.1 Å². The number of benzene rings is 1. The Morgan fingerprint density at radius 1 is 1.44 bits per heavy atom. The molecule has 16 heavy (non-hydrogen) atoms. The highest BCUT2D eigenvalue weighted by molar-refractivity contribution is 6.30. The zero-order valence-corrected chi connectivity index (χ0v) is 9.80. The molecule has 0 heterocycles. The van der Waals surface area contributed by atoms with E-state index in [0.29, 0.717) is 16.5 Å². The first-order valence-electron chi connectivity index (χ1n) is 4.65. The van der Waals surface area contributed by atoms with Crippen LogP contribution in [-0.2, 0) is 9.59 Å². The van der Waals surface area contributed by atoms with Crippen molar-refractivity contribution in [2.45, 2.75) is 13.3 Å². The van der Waals surface area contributed by atoms with E-state index >= 15 is 0 Å². The van der Waals surface area contributed by atoms with E-state index in [1.807, 2.05) is 0 Å². The standard InChI is InChI=1S/C11H12ClNO3/c1-7(14)5-11(15)13-9-4-3-8(12)6-10(9)16-2/h3-4,6H,5H2,1-2H3,(H,13,15). The molecule has 0 aliphatic rings. The minimum atomic E-state index is -0.367. The number of amides is 1.